The van der Waals surface area contributed by atoms with Gasteiger partial charge in [0.15, 0.2) is 28.8 Å². The van der Waals surface area contributed by atoms with Crippen molar-refractivity contribution in [3.8, 4) is 17.2 Å². The van der Waals surface area contributed by atoms with Gasteiger partial charge in [-0.25, -0.2) is 0 Å². The summed E-state index contributed by atoms with van der Waals surface area (Å²) in [5.74, 6) is -0.567. The number of carbonyl (C=O) groups excluding carboxylic acids is 4. The number of nitrogens with zero attached hydrogens (tertiary/aromatic N) is 2. The summed E-state index contributed by atoms with van der Waals surface area (Å²) in [5.41, 5.74) is 1.31. The number of piperazine rings is 1. The number of Topliss-reactive ketones (excluding diaryl/α,β-unsaturated/α-hetero) is 3. The van der Waals surface area contributed by atoms with Crippen molar-refractivity contribution in [2.45, 2.75) is 12.5 Å². The normalized spacial score (nSPS) is 13.8. The van der Waals surface area contributed by atoms with E-state index in [0.29, 0.717) is 44.8 Å². The lowest BCUT2D eigenvalue weighted by Crippen LogP contribution is -2.56. The predicted octanol–water partition coefficient (Wildman–Crippen LogP) is 3.83. The summed E-state index contributed by atoms with van der Waals surface area (Å²) in [7, 11) is 4.42. The number of aromatic nitrogens is 1. The van der Waals surface area contributed by atoms with Crippen LogP contribution in [0.15, 0.2) is 77.6 Å². The minimum Gasteiger partial charge on any atom is -0.493 e. The summed E-state index contributed by atoms with van der Waals surface area (Å²) in [6.45, 7) is 0.974. The summed E-state index contributed by atoms with van der Waals surface area (Å²) in [5, 5.41) is 0.651. The summed E-state index contributed by atoms with van der Waals surface area (Å²) >= 11 is 0. The van der Waals surface area contributed by atoms with Gasteiger partial charge in [-0.05, 0) is 41.8 Å². The van der Waals surface area contributed by atoms with Gasteiger partial charge >= 0.3 is 0 Å². The number of benzene rings is 3. The van der Waals surface area contributed by atoms with E-state index in [1.54, 1.807) is 76.5 Å². The minimum atomic E-state index is -1.20. The Hall–Kier alpha value is -5.00. The van der Waals surface area contributed by atoms with Crippen LogP contribution in [0.3, 0.4) is 0 Å². The van der Waals surface area contributed by atoms with Gasteiger partial charge in [0.2, 0.25) is 11.3 Å². The van der Waals surface area contributed by atoms with Crippen molar-refractivity contribution in [3.05, 3.63) is 99.8 Å². The molecule has 0 aliphatic carbocycles. The first-order valence-corrected chi connectivity index (χ1v) is 14.4. The first kappa shape index (κ1) is 33.9. The van der Waals surface area contributed by atoms with Crippen molar-refractivity contribution in [1.29, 1.82) is 0 Å². The quantitative estimate of drug-likeness (QED) is 0.190. The van der Waals surface area contributed by atoms with E-state index in [0.717, 1.165) is 0 Å². The number of methoxy groups -OCH3 is 3. The second kappa shape index (κ2) is 14.9. The highest BCUT2D eigenvalue weighted by molar-refractivity contribution is 6.20. The zero-order valence-electron chi connectivity index (χ0n) is 25.6. The van der Waals surface area contributed by atoms with Gasteiger partial charge in [-0.1, -0.05) is 30.3 Å². The Labute approximate surface area is 271 Å². The van der Waals surface area contributed by atoms with Crippen LogP contribution in [-0.4, -0.2) is 91.6 Å². The van der Waals surface area contributed by atoms with Crippen LogP contribution in [0.25, 0.3) is 10.9 Å². The van der Waals surface area contributed by atoms with Crippen LogP contribution in [0.1, 0.15) is 37.5 Å². The Bertz CT molecular complexity index is 1790. The van der Waals surface area contributed by atoms with Gasteiger partial charge in [0.1, 0.15) is 6.04 Å². The summed E-state index contributed by atoms with van der Waals surface area (Å²) in [4.78, 5) is 71.9. The number of halogens is 1. The average molecular weight is 648 g/mol. The molecule has 46 heavy (non-hydrogen) atoms. The van der Waals surface area contributed by atoms with Crippen LogP contribution < -0.4 is 19.8 Å². The van der Waals surface area contributed by atoms with Gasteiger partial charge in [-0.3, -0.25) is 28.9 Å². The Morgan fingerprint density at radius 3 is 2.02 bits per heavy atom. The molecule has 0 bridgehead atoms. The lowest BCUT2D eigenvalue weighted by atomic mass is 9.94. The number of fused-ring (bicyclic) bond motifs is 1. The number of H-pyrrole nitrogens is 1. The van der Waals surface area contributed by atoms with Crippen molar-refractivity contribution in [3.63, 3.8) is 0 Å². The molecule has 1 saturated heterocycles. The average Bonchev–Trinajstić information content (AvgIpc) is 3.07. The molecule has 0 spiro atoms. The van der Waals surface area contributed by atoms with Crippen LogP contribution in [0, 0.1) is 0 Å². The van der Waals surface area contributed by atoms with Crippen molar-refractivity contribution in [2.75, 3.05) is 47.5 Å². The van der Waals surface area contributed by atoms with Crippen molar-refractivity contribution in [2.24, 2.45) is 0 Å². The highest BCUT2D eigenvalue weighted by Crippen LogP contribution is 2.38. The van der Waals surface area contributed by atoms with Crippen LogP contribution in [0.2, 0.25) is 0 Å². The molecule has 4 aromatic rings. The molecule has 5 rings (SSSR count). The van der Waals surface area contributed by atoms with Crippen LogP contribution in [0.4, 0.5) is 0 Å². The number of carbonyl (C=O) groups is 4. The minimum absolute atomic E-state index is 0. The van der Waals surface area contributed by atoms with Gasteiger partial charge in [-0.15, -0.1) is 12.4 Å². The second-order valence-electron chi connectivity index (χ2n) is 10.6. The topological polar surface area (TPSA) is 135 Å². The molecule has 2 heterocycles. The molecule has 0 radical (unpaired) electrons. The third-order valence-electron chi connectivity index (χ3n) is 7.87. The number of rotatable bonds is 11. The molecule has 12 heteroatoms. The Kier molecular flexibility index (Phi) is 10.9. The van der Waals surface area contributed by atoms with Crippen molar-refractivity contribution in [1.82, 2.24) is 14.8 Å². The lowest BCUT2D eigenvalue weighted by Gasteiger charge is -2.38. The smallest absolute Gasteiger partial charge is 0.254 e. The highest BCUT2D eigenvalue weighted by atomic mass is 35.5. The third-order valence-corrected chi connectivity index (χ3v) is 7.87. The molecule has 1 amide bonds. The molecular formula is C34H34ClN3O8. The first-order chi connectivity index (χ1) is 21.7. The number of amides is 1. The van der Waals surface area contributed by atoms with Crippen LogP contribution >= 0.6 is 12.4 Å². The lowest BCUT2D eigenvalue weighted by molar-refractivity contribution is -0.122. The molecule has 1 aliphatic heterocycles. The van der Waals surface area contributed by atoms with Crippen LogP contribution in [-0.2, 0) is 4.79 Å². The molecule has 0 saturated carbocycles. The number of aromatic amines is 1. The third kappa shape index (κ3) is 7.11. The van der Waals surface area contributed by atoms with E-state index in [1.165, 1.54) is 27.4 Å². The fraction of sp³-hybridized carbons (Fsp3) is 0.265. The molecule has 240 valence electrons. The van der Waals surface area contributed by atoms with Crippen molar-refractivity contribution >= 4 is 46.6 Å². The first-order valence-electron chi connectivity index (χ1n) is 14.4. The maximum absolute atomic E-state index is 13.7. The number of hydrogen-bond acceptors (Lipinski definition) is 9. The maximum atomic E-state index is 13.7. The SMILES string of the molecule is COc1cc(C(=O)N2CCN(C(C(=O)CC(=O)c3ccc4[nH]c(=O)ccc4c3)C(=O)c3ccccc3)CC2)cc(OC)c1OC.Cl. The number of nitrogens with one attached hydrogen (secondary N) is 1. The Morgan fingerprint density at radius 1 is 0.761 bits per heavy atom. The van der Waals surface area contributed by atoms with E-state index < -0.39 is 29.8 Å². The summed E-state index contributed by atoms with van der Waals surface area (Å²) in [6.07, 6.45) is -0.483. The van der Waals surface area contributed by atoms with Crippen molar-refractivity contribution < 1.29 is 33.4 Å². The standard InChI is InChI=1S/C34H33N3O8.ClH/c1-43-28-18-24(19-29(44-2)33(28)45-3)34(42)37-15-13-36(14-16-37)31(32(41)21-7-5-4-6-8-21)27(39)20-26(38)23-9-11-25-22(17-23)10-12-30(40)35-25;/h4-12,17-19,31H,13-16,20H2,1-3H3,(H,35,40);1H. The Balaban J connectivity index is 0.00000480. The molecule has 3 aromatic carbocycles. The molecule has 1 N–H and O–H groups in total. The van der Waals surface area contributed by atoms with Gasteiger partial charge in [0.05, 0.1) is 27.8 Å². The molecule has 1 atom stereocenters. The van der Waals surface area contributed by atoms with Crippen LogP contribution in [0.5, 0.6) is 17.2 Å². The molecule has 1 aromatic heterocycles. The maximum Gasteiger partial charge on any atom is 0.254 e. The second-order valence-corrected chi connectivity index (χ2v) is 10.6. The van der Waals surface area contributed by atoms with E-state index in [-0.39, 0.29) is 50.1 Å². The molecule has 1 unspecified atom stereocenters. The Morgan fingerprint density at radius 2 is 1.41 bits per heavy atom. The largest absolute Gasteiger partial charge is 0.493 e. The number of ketones is 3. The van der Waals surface area contributed by atoms with E-state index in [4.69, 9.17) is 14.2 Å². The van der Waals surface area contributed by atoms with E-state index in [1.807, 2.05) is 0 Å². The number of ether oxygens (including phenoxy) is 3. The highest BCUT2D eigenvalue weighted by Gasteiger charge is 2.37. The molecular weight excluding hydrogens is 614 g/mol. The van der Waals surface area contributed by atoms with Gasteiger partial charge in [0.25, 0.3) is 5.91 Å². The van der Waals surface area contributed by atoms with Gasteiger partial charge < -0.3 is 24.1 Å². The van der Waals surface area contributed by atoms with E-state index in [2.05, 4.69) is 4.98 Å². The fourth-order valence-corrected chi connectivity index (χ4v) is 5.53. The number of pyridine rings is 1. The fourth-order valence-electron chi connectivity index (χ4n) is 5.53. The molecule has 1 aliphatic rings. The van der Waals surface area contributed by atoms with E-state index in [9.17, 15) is 24.0 Å². The molecule has 11 nitrogen and oxygen atoms in total. The van der Waals surface area contributed by atoms with Gasteiger partial charge in [-0.2, -0.15) is 0 Å². The van der Waals surface area contributed by atoms with E-state index >= 15 is 0 Å². The number of hydrogen-bond donors (Lipinski definition) is 1. The summed E-state index contributed by atoms with van der Waals surface area (Å²) < 4.78 is 16.1. The van der Waals surface area contributed by atoms with Gasteiger partial charge in [0, 0.05) is 54.5 Å². The zero-order chi connectivity index (χ0) is 32.1. The monoisotopic (exact) mass is 647 g/mol. The predicted molar refractivity (Wildman–Crippen MR) is 174 cm³/mol. The molecule has 1 fully saturated rings. The summed E-state index contributed by atoms with van der Waals surface area (Å²) in [6, 6.07) is 18.2. The zero-order valence-corrected chi connectivity index (χ0v) is 26.4.